The Morgan fingerprint density at radius 2 is 2.00 bits per heavy atom. The minimum atomic E-state index is -1.18. The summed E-state index contributed by atoms with van der Waals surface area (Å²) < 4.78 is 18.6. The molecule has 24 heavy (non-hydrogen) atoms. The van der Waals surface area contributed by atoms with E-state index in [2.05, 4.69) is 5.32 Å². The molecule has 7 heteroatoms. The van der Waals surface area contributed by atoms with Crippen molar-refractivity contribution in [3.8, 4) is 6.07 Å². The van der Waals surface area contributed by atoms with E-state index in [9.17, 15) is 14.0 Å². The maximum Gasteiger partial charge on any atom is 0.343 e. The Balaban J connectivity index is 2.06. The van der Waals surface area contributed by atoms with Crippen LogP contribution in [0.2, 0.25) is 5.02 Å². The first-order valence-corrected chi connectivity index (χ1v) is 7.26. The lowest BCUT2D eigenvalue weighted by Gasteiger charge is -2.14. The molecular formula is C17H12ClFN2O3. The Hall–Kier alpha value is -2.91. The van der Waals surface area contributed by atoms with Crippen LogP contribution in [0.25, 0.3) is 0 Å². The fourth-order valence-electron chi connectivity index (χ4n) is 1.88. The van der Waals surface area contributed by atoms with Crippen LogP contribution in [0.5, 0.6) is 0 Å². The summed E-state index contributed by atoms with van der Waals surface area (Å²) in [6, 6.07) is 12.0. The van der Waals surface area contributed by atoms with E-state index in [-0.39, 0.29) is 5.02 Å². The molecule has 0 aliphatic carbocycles. The number of nitrogens with zero attached hydrogens (tertiary/aromatic N) is 1. The Morgan fingerprint density at radius 3 is 2.67 bits per heavy atom. The second kappa shape index (κ2) is 7.57. The van der Waals surface area contributed by atoms with Gasteiger partial charge in [0.05, 0.1) is 16.7 Å². The van der Waals surface area contributed by atoms with Crippen LogP contribution in [0.1, 0.15) is 22.8 Å². The SMILES string of the molecule is C[C@@H](OC(=O)c1c(F)cccc1Cl)C(=O)Nc1cccc(C#N)c1. The van der Waals surface area contributed by atoms with Gasteiger partial charge >= 0.3 is 5.97 Å². The third kappa shape index (κ3) is 4.09. The minimum Gasteiger partial charge on any atom is -0.449 e. The summed E-state index contributed by atoms with van der Waals surface area (Å²) in [7, 11) is 0. The molecule has 122 valence electrons. The molecule has 0 spiro atoms. The van der Waals surface area contributed by atoms with Crippen molar-refractivity contribution < 1.29 is 18.7 Å². The summed E-state index contributed by atoms with van der Waals surface area (Å²) in [6.45, 7) is 1.34. The van der Waals surface area contributed by atoms with Crippen molar-refractivity contribution in [1.82, 2.24) is 0 Å². The fourth-order valence-corrected chi connectivity index (χ4v) is 2.12. The third-order valence-corrected chi connectivity index (χ3v) is 3.39. The van der Waals surface area contributed by atoms with Crippen LogP contribution in [0.3, 0.4) is 0 Å². The summed E-state index contributed by atoms with van der Waals surface area (Å²) >= 11 is 5.78. The Morgan fingerprint density at radius 1 is 1.29 bits per heavy atom. The zero-order valence-corrected chi connectivity index (χ0v) is 13.3. The molecule has 0 saturated heterocycles. The van der Waals surface area contributed by atoms with Gasteiger partial charge in [0, 0.05) is 5.69 Å². The van der Waals surface area contributed by atoms with Gasteiger partial charge in [0.15, 0.2) is 6.10 Å². The molecule has 0 fully saturated rings. The average Bonchev–Trinajstić information content (AvgIpc) is 2.54. The number of rotatable bonds is 4. The van der Waals surface area contributed by atoms with E-state index in [1.807, 2.05) is 6.07 Å². The molecule has 1 amide bonds. The molecule has 0 aromatic heterocycles. The van der Waals surface area contributed by atoms with Crippen LogP contribution in [-0.4, -0.2) is 18.0 Å². The van der Waals surface area contributed by atoms with Crippen LogP contribution >= 0.6 is 11.6 Å². The van der Waals surface area contributed by atoms with Crippen LogP contribution in [0.15, 0.2) is 42.5 Å². The molecule has 0 bridgehead atoms. The Kier molecular flexibility index (Phi) is 5.51. The lowest BCUT2D eigenvalue weighted by Crippen LogP contribution is -2.30. The first kappa shape index (κ1) is 17.4. The van der Waals surface area contributed by atoms with Gasteiger partial charge in [-0.25, -0.2) is 9.18 Å². The number of carbonyl (C=O) groups excluding carboxylic acids is 2. The van der Waals surface area contributed by atoms with Crippen LogP contribution in [0, 0.1) is 17.1 Å². The zero-order valence-electron chi connectivity index (χ0n) is 12.5. The highest BCUT2D eigenvalue weighted by molar-refractivity contribution is 6.33. The van der Waals surface area contributed by atoms with E-state index in [1.165, 1.54) is 25.1 Å². The predicted molar refractivity (Wildman–Crippen MR) is 86.1 cm³/mol. The molecule has 0 heterocycles. The molecule has 0 aliphatic rings. The quantitative estimate of drug-likeness (QED) is 0.859. The van der Waals surface area contributed by atoms with E-state index in [0.717, 1.165) is 6.07 Å². The van der Waals surface area contributed by atoms with Crippen molar-refractivity contribution >= 4 is 29.2 Å². The maximum absolute atomic E-state index is 13.7. The number of amides is 1. The Labute approximate surface area is 142 Å². The lowest BCUT2D eigenvalue weighted by molar-refractivity contribution is -0.123. The van der Waals surface area contributed by atoms with Crippen LogP contribution < -0.4 is 5.32 Å². The molecular weight excluding hydrogens is 335 g/mol. The predicted octanol–water partition coefficient (Wildman–Crippen LogP) is 3.53. The molecule has 1 atom stereocenters. The van der Waals surface area contributed by atoms with Gasteiger partial charge in [-0.05, 0) is 37.3 Å². The molecule has 2 aromatic carbocycles. The number of nitriles is 1. The fraction of sp³-hybridized carbons (Fsp3) is 0.118. The second-order valence-electron chi connectivity index (χ2n) is 4.83. The number of nitrogens with one attached hydrogen (secondary N) is 1. The monoisotopic (exact) mass is 346 g/mol. The molecule has 0 aliphatic heterocycles. The van der Waals surface area contributed by atoms with Crippen molar-refractivity contribution in [2.75, 3.05) is 5.32 Å². The average molecular weight is 347 g/mol. The summed E-state index contributed by atoms with van der Waals surface area (Å²) in [5.41, 5.74) is 0.326. The van der Waals surface area contributed by atoms with E-state index < -0.39 is 29.4 Å². The number of hydrogen-bond donors (Lipinski definition) is 1. The van der Waals surface area contributed by atoms with Gasteiger partial charge in [-0.15, -0.1) is 0 Å². The largest absolute Gasteiger partial charge is 0.449 e. The van der Waals surface area contributed by atoms with Crippen molar-refractivity contribution in [3.05, 3.63) is 64.4 Å². The van der Waals surface area contributed by atoms with Gasteiger partial charge in [-0.2, -0.15) is 5.26 Å². The molecule has 2 rings (SSSR count). The van der Waals surface area contributed by atoms with E-state index in [0.29, 0.717) is 11.3 Å². The van der Waals surface area contributed by atoms with Crippen LogP contribution in [0.4, 0.5) is 10.1 Å². The number of hydrogen-bond acceptors (Lipinski definition) is 4. The van der Waals surface area contributed by atoms with Crippen LogP contribution in [-0.2, 0) is 9.53 Å². The molecule has 5 nitrogen and oxygen atoms in total. The summed E-state index contributed by atoms with van der Waals surface area (Å²) in [5, 5.41) is 11.2. The first-order valence-electron chi connectivity index (χ1n) is 6.88. The van der Waals surface area contributed by atoms with Gasteiger partial charge in [0.25, 0.3) is 5.91 Å². The summed E-state index contributed by atoms with van der Waals surface area (Å²) in [5.74, 6) is -2.49. The van der Waals surface area contributed by atoms with E-state index in [4.69, 9.17) is 21.6 Å². The van der Waals surface area contributed by atoms with Gasteiger partial charge in [-0.1, -0.05) is 23.7 Å². The summed E-state index contributed by atoms with van der Waals surface area (Å²) in [6.07, 6.45) is -1.18. The summed E-state index contributed by atoms with van der Waals surface area (Å²) in [4.78, 5) is 24.0. The number of esters is 1. The highest BCUT2D eigenvalue weighted by Gasteiger charge is 2.23. The van der Waals surface area contributed by atoms with Crippen molar-refractivity contribution in [1.29, 1.82) is 5.26 Å². The molecule has 0 unspecified atom stereocenters. The smallest absolute Gasteiger partial charge is 0.343 e. The number of carbonyl (C=O) groups is 2. The van der Waals surface area contributed by atoms with Gasteiger partial charge in [0.2, 0.25) is 0 Å². The standard InChI is InChI=1S/C17H12ClFN2O3/c1-10(16(22)21-12-5-2-4-11(8-12)9-20)24-17(23)15-13(18)6-3-7-14(15)19/h2-8,10H,1H3,(H,21,22)/t10-/m1/s1. The molecule has 0 saturated carbocycles. The van der Waals surface area contributed by atoms with Crippen molar-refractivity contribution in [2.24, 2.45) is 0 Å². The first-order chi connectivity index (χ1) is 11.4. The molecule has 1 N–H and O–H groups in total. The Bertz CT molecular complexity index is 813. The van der Waals surface area contributed by atoms with Gasteiger partial charge < -0.3 is 10.1 Å². The maximum atomic E-state index is 13.7. The van der Waals surface area contributed by atoms with Crippen molar-refractivity contribution in [3.63, 3.8) is 0 Å². The zero-order chi connectivity index (χ0) is 17.7. The normalized spacial score (nSPS) is 11.2. The molecule has 0 radical (unpaired) electrons. The third-order valence-electron chi connectivity index (χ3n) is 3.08. The van der Waals surface area contributed by atoms with E-state index >= 15 is 0 Å². The number of anilines is 1. The lowest BCUT2D eigenvalue weighted by atomic mass is 10.2. The highest BCUT2D eigenvalue weighted by atomic mass is 35.5. The molecule has 2 aromatic rings. The minimum absolute atomic E-state index is 0.102. The highest BCUT2D eigenvalue weighted by Crippen LogP contribution is 2.20. The number of halogens is 2. The topological polar surface area (TPSA) is 79.2 Å². The van der Waals surface area contributed by atoms with E-state index in [1.54, 1.807) is 18.2 Å². The van der Waals surface area contributed by atoms with Gasteiger partial charge in [0.1, 0.15) is 11.4 Å². The van der Waals surface area contributed by atoms with Gasteiger partial charge in [-0.3, -0.25) is 4.79 Å². The number of benzene rings is 2. The second-order valence-corrected chi connectivity index (χ2v) is 5.23. The van der Waals surface area contributed by atoms with Crippen molar-refractivity contribution in [2.45, 2.75) is 13.0 Å². The number of ether oxygens (including phenoxy) is 1.